The van der Waals surface area contributed by atoms with Crippen molar-refractivity contribution in [2.75, 3.05) is 12.3 Å². The van der Waals surface area contributed by atoms with Crippen molar-refractivity contribution in [3.8, 4) is 0 Å². The van der Waals surface area contributed by atoms with Crippen molar-refractivity contribution in [3.05, 3.63) is 108 Å². The molecule has 0 bridgehead atoms. The lowest BCUT2D eigenvalue weighted by atomic mass is 10.0. The van der Waals surface area contributed by atoms with Gasteiger partial charge in [0.15, 0.2) is 6.10 Å². The van der Waals surface area contributed by atoms with Crippen LogP contribution in [0.25, 0.3) is 0 Å². The van der Waals surface area contributed by atoms with Crippen molar-refractivity contribution in [2.45, 2.75) is 56.5 Å². The van der Waals surface area contributed by atoms with Gasteiger partial charge in [-0.2, -0.15) is 0 Å². The van der Waals surface area contributed by atoms with Gasteiger partial charge in [0.1, 0.15) is 24.1 Å². The van der Waals surface area contributed by atoms with Gasteiger partial charge in [-0.3, -0.25) is 14.5 Å². The number of carboxylic acid groups (broad SMARTS) is 1. The van der Waals surface area contributed by atoms with E-state index in [9.17, 15) is 29.4 Å². The second kappa shape index (κ2) is 15.4. The summed E-state index contributed by atoms with van der Waals surface area (Å²) in [5, 5.41) is 22.2. The molecule has 1 aliphatic heterocycles. The van der Waals surface area contributed by atoms with E-state index in [2.05, 4.69) is 5.32 Å². The third-order valence-corrected chi connectivity index (χ3v) is 8.83. The van der Waals surface area contributed by atoms with E-state index in [0.717, 1.165) is 16.7 Å². The molecule has 0 aliphatic carbocycles. The quantitative estimate of drug-likeness (QED) is 0.278. The molecule has 1 saturated heterocycles. The summed E-state index contributed by atoms with van der Waals surface area (Å²) in [6, 6.07) is 24.3. The number of aliphatic hydroxyl groups is 1. The standard InChI is InChI=1S/C33H37N3O7S/c1-3-35(33(42)43-20-24-15-9-5-10-16-24)22(2)30(39)36-27(21-44-31(36)25-17-11-6-12-18-25)29(38)34-26(28(37)32(40)41)19-23-13-7-4-8-14-23/h4-18,22,26-28,31,37H,3,19-21H2,1-2H3,(H,34,38)(H,40,41)/t22-,26-,27-,28?,31?/m0/s1. The van der Waals surface area contributed by atoms with E-state index in [-0.39, 0.29) is 25.3 Å². The van der Waals surface area contributed by atoms with Crippen molar-refractivity contribution >= 4 is 35.6 Å². The fraction of sp³-hybridized carbons (Fsp3) is 0.333. The average Bonchev–Trinajstić information content (AvgIpc) is 3.50. The Labute approximate surface area is 261 Å². The molecule has 1 fully saturated rings. The zero-order chi connectivity index (χ0) is 31.6. The van der Waals surface area contributed by atoms with Crippen LogP contribution in [-0.4, -0.2) is 80.4 Å². The van der Waals surface area contributed by atoms with Crippen molar-refractivity contribution < 1.29 is 34.1 Å². The van der Waals surface area contributed by atoms with Crippen molar-refractivity contribution in [2.24, 2.45) is 0 Å². The Morgan fingerprint density at radius 1 is 0.955 bits per heavy atom. The van der Waals surface area contributed by atoms with Gasteiger partial charge >= 0.3 is 12.1 Å². The molecule has 1 heterocycles. The number of thioether (sulfide) groups is 1. The lowest BCUT2D eigenvalue weighted by Gasteiger charge is -2.35. The molecule has 5 atom stereocenters. The maximum atomic E-state index is 14.2. The van der Waals surface area contributed by atoms with Crippen molar-refractivity contribution in [3.63, 3.8) is 0 Å². The Kier molecular flexibility index (Phi) is 11.4. The second-order valence-corrected chi connectivity index (χ2v) is 11.6. The van der Waals surface area contributed by atoms with Crippen molar-refractivity contribution in [1.29, 1.82) is 0 Å². The molecule has 3 amide bonds. The summed E-state index contributed by atoms with van der Waals surface area (Å²) in [7, 11) is 0. The SMILES string of the molecule is CCN(C(=O)OCc1ccccc1)[C@@H](C)C(=O)N1C(c2ccccc2)SC[C@H]1C(=O)N[C@@H](Cc1ccccc1)C(O)C(=O)O. The highest BCUT2D eigenvalue weighted by Crippen LogP contribution is 2.42. The number of aliphatic carboxylic acids is 1. The van der Waals surface area contributed by atoms with Crippen LogP contribution in [0.5, 0.6) is 0 Å². The van der Waals surface area contributed by atoms with Crippen LogP contribution in [-0.2, 0) is 32.1 Å². The number of ether oxygens (including phenoxy) is 1. The van der Waals surface area contributed by atoms with E-state index in [0.29, 0.717) is 0 Å². The zero-order valence-corrected chi connectivity index (χ0v) is 25.4. The Bertz CT molecular complexity index is 1410. The van der Waals surface area contributed by atoms with Gasteiger partial charge in [0.2, 0.25) is 11.8 Å². The number of nitrogens with one attached hydrogen (secondary N) is 1. The van der Waals surface area contributed by atoms with E-state index in [1.165, 1.54) is 21.6 Å². The topological polar surface area (TPSA) is 136 Å². The van der Waals surface area contributed by atoms with Gasteiger partial charge in [0, 0.05) is 12.3 Å². The number of rotatable bonds is 12. The summed E-state index contributed by atoms with van der Waals surface area (Å²) in [6.07, 6.45) is -2.45. The lowest BCUT2D eigenvalue weighted by Crippen LogP contribution is -2.57. The first kappa shape index (κ1) is 32.6. The minimum Gasteiger partial charge on any atom is -0.479 e. The van der Waals surface area contributed by atoms with Crippen LogP contribution >= 0.6 is 11.8 Å². The first-order valence-electron chi connectivity index (χ1n) is 14.4. The maximum absolute atomic E-state index is 14.2. The molecule has 2 unspecified atom stereocenters. The Morgan fingerprint density at radius 2 is 1.52 bits per heavy atom. The molecule has 44 heavy (non-hydrogen) atoms. The van der Waals surface area contributed by atoms with Crippen LogP contribution in [0, 0.1) is 0 Å². The maximum Gasteiger partial charge on any atom is 0.410 e. The van der Waals surface area contributed by atoms with Crippen LogP contribution in [0.1, 0.15) is 35.9 Å². The van der Waals surface area contributed by atoms with Crippen LogP contribution in [0.15, 0.2) is 91.0 Å². The highest BCUT2D eigenvalue weighted by molar-refractivity contribution is 7.99. The molecule has 232 valence electrons. The number of hydrogen-bond acceptors (Lipinski definition) is 7. The number of likely N-dealkylation sites (N-methyl/N-ethyl adjacent to an activating group) is 1. The predicted octanol–water partition coefficient (Wildman–Crippen LogP) is 3.85. The number of benzene rings is 3. The molecular weight excluding hydrogens is 582 g/mol. The fourth-order valence-corrected chi connectivity index (χ4v) is 6.56. The van der Waals surface area contributed by atoms with Crippen LogP contribution in [0.3, 0.4) is 0 Å². The van der Waals surface area contributed by atoms with Crippen LogP contribution < -0.4 is 5.32 Å². The van der Waals surface area contributed by atoms with Crippen molar-refractivity contribution in [1.82, 2.24) is 15.1 Å². The minimum absolute atomic E-state index is 0.0447. The number of carboxylic acids is 1. The van der Waals surface area contributed by atoms with Gasteiger partial charge < -0.3 is 25.2 Å². The summed E-state index contributed by atoms with van der Waals surface area (Å²) in [4.78, 5) is 55.6. The molecule has 3 aromatic rings. The van der Waals surface area contributed by atoms with E-state index in [4.69, 9.17) is 4.74 Å². The summed E-state index contributed by atoms with van der Waals surface area (Å²) in [5.74, 6) is -2.29. The number of nitrogens with zero attached hydrogens (tertiary/aromatic N) is 2. The molecule has 10 nitrogen and oxygen atoms in total. The lowest BCUT2D eigenvalue weighted by molar-refractivity contribution is -0.149. The average molecular weight is 620 g/mol. The molecule has 0 radical (unpaired) electrons. The Morgan fingerprint density at radius 3 is 2.09 bits per heavy atom. The Hall–Kier alpha value is -4.35. The largest absolute Gasteiger partial charge is 0.479 e. The van der Waals surface area contributed by atoms with Crippen LogP contribution in [0.2, 0.25) is 0 Å². The molecule has 11 heteroatoms. The molecule has 3 N–H and O–H groups in total. The van der Waals surface area contributed by atoms with E-state index >= 15 is 0 Å². The van der Waals surface area contributed by atoms with Gasteiger partial charge in [-0.05, 0) is 37.0 Å². The van der Waals surface area contributed by atoms with Gasteiger partial charge in [-0.15, -0.1) is 11.8 Å². The molecular formula is C33H37N3O7S. The first-order chi connectivity index (χ1) is 21.2. The molecule has 3 aromatic carbocycles. The third-order valence-electron chi connectivity index (χ3n) is 7.51. The second-order valence-electron chi connectivity index (χ2n) is 10.4. The number of amides is 3. The Balaban J connectivity index is 1.57. The highest BCUT2D eigenvalue weighted by Gasteiger charge is 2.46. The first-order valence-corrected chi connectivity index (χ1v) is 15.5. The normalized spacial score (nSPS) is 18.1. The molecule has 0 aromatic heterocycles. The molecule has 4 rings (SSSR count). The van der Waals surface area contributed by atoms with Gasteiger partial charge in [0.25, 0.3) is 0 Å². The summed E-state index contributed by atoms with van der Waals surface area (Å²) in [5.41, 5.74) is 2.34. The number of hydrogen-bond donors (Lipinski definition) is 3. The number of aliphatic hydroxyl groups excluding tert-OH is 1. The highest BCUT2D eigenvalue weighted by atomic mass is 32.2. The molecule has 1 aliphatic rings. The van der Waals surface area contributed by atoms with E-state index in [1.54, 1.807) is 38.1 Å². The molecule has 0 saturated carbocycles. The van der Waals surface area contributed by atoms with Crippen LogP contribution in [0.4, 0.5) is 4.79 Å². The third kappa shape index (κ3) is 7.97. The fourth-order valence-electron chi connectivity index (χ4n) is 5.12. The summed E-state index contributed by atoms with van der Waals surface area (Å²) >= 11 is 1.40. The predicted molar refractivity (Wildman–Crippen MR) is 166 cm³/mol. The van der Waals surface area contributed by atoms with Gasteiger partial charge in [-0.25, -0.2) is 9.59 Å². The monoisotopic (exact) mass is 619 g/mol. The smallest absolute Gasteiger partial charge is 0.410 e. The zero-order valence-electron chi connectivity index (χ0n) is 24.6. The number of carbonyl (C=O) groups is 4. The van der Waals surface area contributed by atoms with E-state index < -0.39 is 53.5 Å². The van der Waals surface area contributed by atoms with Gasteiger partial charge in [-0.1, -0.05) is 91.0 Å². The van der Waals surface area contributed by atoms with E-state index in [1.807, 2.05) is 66.7 Å². The molecule has 0 spiro atoms. The summed E-state index contributed by atoms with van der Waals surface area (Å²) < 4.78 is 5.51. The summed E-state index contributed by atoms with van der Waals surface area (Å²) in [6.45, 7) is 3.58. The number of carbonyl (C=O) groups excluding carboxylic acids is 3. The van der Waals surface area contributed by atoms with Gasteiger partial charge in [0.05, 0.1) is 6.04 Å². The minimum atomic E-state index is -1.86.